The lowest BCUT2D eigenvalue weighted by molar-refractivity contribution is 0.0794. The molecule has 1 rings (SSSR count). The van der Waals surface area contributed by atoms with E-state index in [4.69, 9.17) is 10.5 Å². The van der Waals surface area contributed by atoms with Crippen molar-refractivity contribution >= 4 is 5.91 Å². The van der Waals surface area contributed by atoms with Gasteiger partial charge in [0.2, 0.25) is 0 Å². The van der Waals surface area contributed by atoms with Crippen LogP contribution in [0.4, 0.5) is 0 Å². The number of hydrogen-bond acceptors (Lipinski definition) is 3. The normalized spacial score (nSPS) is 10.1. The average molecular weight is 236 g/mol. The van der Waals surface area contributed by atoms with E-state index in [2.05, 4.69) is 0 Å². The van der Waals surface area contributed by atoms with Crippen molar-refractivity contribution in [1.82, 2.24) is 4.90 Å². The van der Waals surface area contributed by atoms with Crippen molar-refractivity contribution in [3.8, 4) is 5.75 Å². The van der Waals surface area contributed by atoms with Gasteiger partial charge in [-0.25, -0.2) is 0 Å². The van der Waals surface area contributed by atoms with Gasteiger partial charge in [0.05, 0.1) is 6.61 Å². The van der Waals surface area contributed by atoms with Gasteiger partial charge in [-0.05, 0) is 44.2 Å². The second-order valence-corrected chi connectivity index (χ2v) is 3.83. The standard InChI is InChI=1S/C13H20N2O2/c1-3-17-12-7-5-11(6-8-12)13(16)15(2)10-4-9-14/h5-8H,3-4,9-10,14H2,1-2H3. The minimum atomic E-state index is 0.0153. The highest BCUT2D eigenvalue weighted by molar-refractivity contribution is 5.94. The number of nitrogens with two attached hydrogens (primary N) is 1. The molecule has 4 nitrogen and oxygen atoms in total. The summed E-state index contributed by atoms with van der Waals surface area (Å²) >= 11 is 0. The maximum absolute atomic E-state index is 12.0. The smallest absolute Gasteiger partial charge is 0.253 e. The summed E-state index contributed by atoms with van der Waals surface area (Å²) in [5.74, 6) is 0.801. The predicted molar refractivity (Wildman–Crippen MR) is 68.2 cm³/mol. The molecular weight excluding hydrogens is 216 g/mol. The molecule has 0 spiro atoms. The van der Waals surface area contributed by atoms with E-state index in [-0.39, 0.29) is 5.91 Å². The van der Waals surface area contributed by atoms with Crippen LogP contribution in [0.2, 0.25) is 0 Å². The lowest BCUT2D eigenvalue weighted by Gasteiger charge is -2.16. The SMILES string of the molecule is CCOc1ccc(C(=O)N(C)CCCN)cc1. The van der Waals surface area contributed by atoms with E-state index < -0.39 is 0 Å². The number of carbonyl (C=O) groups excluding carboxylic acids is 1. The summed E-state index contributed by atoms with van der Waals surface area (Å²) in [4.78, 5) is 13.6. The van der Waals surface area contributed by atoms with Gasteiger partial charge in [-0.3, -0.25) is 4.79 Å². The van der Waals surface area contributed by atoms with Crippen LogP contribution in [0.5, 0.6) is 5.75 Å². The lowest BCUT2D eigenvalue weighted by Crippen LogP contribution is -2.28. The van der Waals surface area contributed by atoms with E-state index in [0.29, 0.717) is 25.3 Å². The Kier molecular flexibility index (Phi) is 5.49. The van der Waals surface area contributed by atoms with Crippen molar-refractivity contribution in [2.24, 2.45) is 5.73 Å². The minimum Gasteiger partial charge on any atom is -0.494 e. The maximum Gasteiger partial charge on any atom is 0.253 e. The first-order valence-electron chi connectivity index (χ1n) is 5.87. The van der Waals surface area contributed by atoms with Crippen molar-refractivity contribution in [1.29, 1.82) is 0 Å². The zero-order chi connectivity index (χ0) is 12.7. The molecule has 17 heavy (non-hydrogen) atoms. The first-order chi connectivity index (χ1) is 8.19. The molecule has 0 unspecified atom stereocenters. The molecule has 0 fully saturated rings. The number of ether oxygens (including phenoxy) is 1. The first-order valence-corrected chi connectivity index (χ1v) is 5.87. The quantitative estimate of drug-likeness (QED) is 0.814. The van der Waals surface area contributed by atoms with Crippen molar-refractivity contribution in [3.63, 3.8) is 0 Å². The van der Waals surface area contributed by atoms with Crippen LogP contribution in [-0.2, 0) is 0 Å². The summed E-state index contributed by atoms with van der Waals surface area (Å²) in [6.45, 7) is 3.84. The fourth-order valence-electron chi connectivity index (χ4n) is 1.51. The number of benzene rings is 1. The Bertz CT molecular complexity index is 349. The van der Waals surface area contributed by atoms with Crippen molar-refractivity contribution in [2.45, 2.75) is 13.3 Å². The third-order valence-electron chi connectivity index (χ3n) is 2.46. The van der Waals surface area contributed by atoms with Crippen LogP contribution in [0.25, 0.3) is 0 Å². The van der Waals surface area contributed by atoms with Gasteiger partial charge in [0, 0.05) is 19.2 Å². The summed E-state index contributed by atoms with van der Waals surface area (Å²) in [5, 5.41) is 0. The largest absolute Gasteiger partial charge is 0.494 e. The molecule has 1 aromatic carbocycles. The summed E-state index contributed by atoms with van der Waals surface area (Å²) in [7, 11) is 1.79. The summed E-state index contributed by atoms with van der Waals surface area (Å²) in [6.07, 6.45) is 0.819. The van der Waals surface area contributed by atoms with Crippen LogP contribution in [0, 0.1) is 0 Å². The van der Waals surface area contributed by atoms with E-state index in [1.165, 1.54) is 0 Å². The van der Waals surface area contributed by atoms with Crippen LogP contribution >= 0.6 is 0 Å². The molecule has 1 amide bonds. The highest BCUT2D eigenvalue weighted by Crippen LogP contribution is 2.13. The van der Waals surface area contributed by atoms with Gasteiger partial charge in [-0.2, -0.15) is 0 Å². The van der Waals surface area contributed by atoms with Crippen molar-refractivity contribution in [2.75, 3.05) is 26.7 Å². The third-order valence-corrected chi connectivity index (χ3v) is 2.46. The Labute approximate surface area is 102 Å². The molecular formula is C13H20N2O2. The van der Waals surface area contributed by atoms with Gasteiger partial charge in [-0.1, -0.05) is 0 Å². The Morgan fingerprint density at radius 2 is 2.00 bits per heavy atom. The van der Waals surface area contributed by atoms with E-state index in [0.717, 1.165) is 12.2 Å². The molecule has 0 bridgehead atoms. The Balaban J connectivity index is 2.62. The number of nitrogens with zero attached hydrogens (tertiary/aromatic N) is 1. The number of amides is 1. The predicted octanol–water partition coefficient (Wildman–Crippen LogP) is 1.51. The Morgan fingerprint density at radius 3 is 2.53 bits per heavy atom. The second kappa shape index (κ2) is 6.91. The first kappa shape index (κ1) is 13.5. The zero-order valence-corrected chi connectivity index (χ0v) is 10.5. The van der Waals surface area contributed by atoms with Gasteiger partial charge >= 0.3 is 0 Å². The van der Waals surface area contributed by atoms with Gasteiger partial charge in [0.1, 0.15) is 5.75 Å². The number of hydrogen-bond donors (Lipinski definition) is 1. The molecule has 2 N–H and O–H groups in total. The molecule has 94 valence electrons. The molecule has 0 radical (unpaired) electrons. The van der Waals surface area contributed by atoms with E-state index >= 15 is 0 Å². The minimum absolute atomic E-state index is 0.0153. The van der Waals surface area contributed by atoms with Crippen LogP contribution in [0.1, 0.15) is 23.7 Å². The average Bonchev–Trinajstić information content (AvgIpc) is 2.36. The van der Waals surface area contributed by atoms with Crippen LogP contribution in [-0.4, -0.2) is 37.6 Å². The second-order valence-electron chi connectivity index (χ2n) is 3.83. The van der Waals surface area contributed by atoms with E-state index in [1.54, 1.807) is 24.1 Å². The van der Waals surface area contributed by atoms with Crippen molar-refractivity contribution in [3.05, 3.63) is 29.8 Å². The molecule has 1 aromatic rings. The van der Waals surface area contributed by atoms with Crippen molar-refractivity contribution < 1.29 is 9.53 Å². The van der Waals surface area contributed by atoms with E-state index in [1.807, 2.05) is 19.1 Å². The maximum atomic E-state index is 12.0. The number of rotatable bonds is 6. The monoisotopic (exact) mass is 236 g/mol. The molecule has 0 aliphatic rings. The molecule has 0 heterocycles. The molecule has 0 aliphatic heterocycles. The topological polar surface area (TPSA) is 55.6 Å². The summed E-state index contributed by atoms with van der Waals surface area (Å²) in [5.41, 5.74) is 6.09. The molecule has 0 aromatic heterocycles. The van der Waals surface area contributed by atoms with Gasteiger partial charge < -0.3 is 15.4 Å². The van der Waals surface area contributed by atoms with Crippen LogP contribution in [0.15, 0.2) is 24.3 Å². The summed E-state index contributed by atoms with van der Waals surface area (Å²) in [6, 6.07) is 7.19. The third kappa shape index (κ3) is 4.07. The van der Waals surface area contributed by atoms with Gasteiger partial charge in [0.25, 0.3) is 5.91 Å². The molecule has 0 saturated carbocycles. The highest BCUT2D eigenvalue weighted by atomic mass is 16.5. The summed E-state index contributed by atoms with van der Waals surface area (Å²) < 4.78 is 5.32. The Hall–Kier alpha value is -1.55. The molecule has 0 atom stereocenters. The van der Waals surface area contributed by atoms with Gasteiger partial charge in [0.15, 0.2) is 0 Å². The van der Waals surface area contributed by atoms with E-state index in [9.17, 15) is 4.79 Å². The number of carbonyl (C=O) groups is 1. The zero-order valence-electron chi connectivity index (χ0n) is 10.5. The Morgan fingerprint density at radius 1 is 1.35 bits per heavy atom. The van der Waals surface area contributed by atoms with Crippen LogP contribution in [0.3, 0.4) is 0 Å². The lowest BCUT2D eigenvalue weighted by atomic mass is 10.2. The molecule has 0 aliphatic carbocycles. The fraction of sp³-hybridized carbons (Fsp3) is 0.462. The van der Waals surface area contributed by atoms with Crippen LogP contribution < -0.4 is 10.5 Å². The fourth-order valence-corrected chi connectivity index (χ4v) is 1.51. The highest BCUT2D eigenvalue weighted by Gasteiger charge is 2.10. The van der Waals surface area contributed by atoms with Gasteiger partial charge in [-0.15, -0.1) is 0 Å². The molecule has 4 heteroatoms. The molecule has 0 saturated heterocycles.